The Balaban J connectivity index is 2.16. The van der Waals surface area contributed by atoms with Crippen LogP contribution in [0.25, 0.3) is 0 Å². The molecule has 0 bridgehead atoms. The Labute approximate surface area is 128 Å². The molecule has 0 aliphatic carbocycles. The minimum Gasteiger partial charge on any atom is -0.351 e. The standard InChI is InChI=1S/C16H19N3O3/c1-9(2)15(20)17-12-6-5-10(3)13(8-12)18-16(21)14-7-11(4)19-22-14/h5-9H,1-4H3,(H,17,20)(H,18,21). The average Bonchev–Trinajstić information content (AvgIpc) is 2.89. The molecule has 22 heavy (non-hydrogen) atoms. The van der Waals surface area contributed by atoms with E-state index in [1.54, 1.807) is 25.1 Å². The Kier molecular flexibility index (Phi) is 4.60. The van der Waals surface area contributed by atoms with E-state index in [1.165, 1.54) is 0 Å². The summed E-state index contributed by atoms with van der Waals surface area (Å²) in [4.78, 5) is 23.8. The highest BCUT2D eigenvalue weighted by molar-refractivity contribution is 6.03. The van der Waals surface area contributed by atoms with Gasteiger partial charge in [-0.05, 0) is 31.5 Å². The number of benzene rings is 1. The molecule has 2 rings (SSSR count). The first-order valence-corrected chi connectivity index (χ1v) is 7.03. The topological polar surface area (TPSA) is 84.2 Å². The first-order valence-electron chi connectivity index (χ1n) is 7.03. The minimum absolute atomic E-state index is 0.0769. The second-order valence-electron chi connectivity index (χ2n) is 5.46. The third-order valence-corrected chi connectivity index (χ3v) is 3.13. The number of rotatable bonds is 4. The van der Waals surface area contributed by atoms with E-state index in [0.717, 1.165) is 5.56 Å². The summed E-state index contributed by atoms with van der Waals surface area (Å²) in [6.45, 7) is 7.25. The Morgan fingerprint density at radius 2 is 1.86 bits per heavy atom. The van der Waals surface area contributed by atoms with E-state index >= 15 is 0 Å². The second kappa shape index (κ2) is 6.43. The molecule has 0 saturated carbocycles. The van der Waals surface area contributed by atoms with E-state index in [9.17, 15) is 9.59 Å². The monoisotopic (exact) mass is 301 g/mol. The normalized spacial score (nSPS) is 10.6. The van der Waals surface area contributed by atoms with Crippen LogP contribution in [0.15, 0.2) is 28.8 Å². The molecule has 0 radical (unpaired) electrons. The zero-order valence-corrected chi connectivity index (χ0v) is 13.1. The predicted octanol–water partition coefficient (Wildman–Crippen LogP) is 3.14. The number of amides is 2. The predicted molar refractivity (Wildman–Crippen MR) is 83.8 cm³/mol. The van der Waals surface area contributed by atoms with Gasteiger partial charge in [0.1, 0.15) is 0 Å². The molecule has 0 aliphatic heterocycles. The number of anilines is 2. The van der Waals surface area contributed by atoms with Crippen molar-refractivity contribution in [2.24, 2.45) is 5.92 Å². The molecule has 2 N–H and O–H groups in total. The lowest BCUT2D eigenvalue weighted by Gasteiger charge is -2.12. The van der Waals surface area contributed by atoms with Crippen LogP contribution in [-0.4, -0.2) is 17.0 Å². The highest BCUT2D eigenvalue weighted by Crippen LogP contribution is 2.21. The van der Waals surface area contributed by atoms with E-state index in [2.05, 4.69) is 15.8 Å². The zero-order valence-electron chi connectivity index (χ0n) is 13.1. The van der Waals surface area contributed by atoms with Crippen molar-refractivity contribution >= 4 is 23.2 Å². The molecule has 0 spiro atoms. The fourth-order valence-corrected chi connectivity index (χ4v) is 1.78. The Morgan fingerprint density at radius 1 is 1.14 bits per heavy atom. The van der Waals surface area contributed by atoms with Crippen molar-refractivity contribution in [3.05, 3.63) is 41.3 Å². The summed E-state index contributed by atoms with van der Waals surface area (Å²) in [5.41, 5.74) is 2.76. The van der Waals surface area contributed by atoms with Gasteiger partial charge in [-0.15, -0.1) is 0 Å². The third kappa shape index (κ3) is 3.72. The lowest BCUT2D eigenvalue weighted by atomic mass is 10.1. The number of nitrogens with one attached hydrogen (secondary N) is 2. The number of aromatic nitrogens is 1. The minimum atomic E-state index is -0.379. The maximum absolute atomic E-state index is 12.1. The fraction of sp³-hybridized carbons (Fsp3) is 0.312. The van der Waals surface area contributed by atoms with Crippen molar-refractivity contribution in [2.75, 3.05) is 10.6 Å². The lowest BCUT2D eigenvalue weighted by Crippen LogP contribution is -2.18. The summed E-state index contributed by atoms with van der Waals surface area (Å²) in [5.74, 6) is -0.423. The number of aryl methyl sites for hydroxylation is 2. The van der Waals surface area contributed by atoms with Gasteiger partial charge in [0.2, 0.25) is 11.7 Å². The number of carbonyl (C=O) groups excluding carboxylic acids is 2. The van der Waals surface area contributed by atoms with Gasteiger partial charge in [-0.2, -0.15) is 0 Å². The molecule has 1 aromatic carbocycles. The molecule has 0 saturated heterocycles. The van der Waals surface area contributed by atoms with E-state index < -0.39 is 0 Å². The Bertz CT molecular complexity index is 704. The van der Waals surface area contributed by atoms with Crippen molar-refractivity contribution in [1.82, 2.24) is 5.16 Å². The van der Waals surface area contributed by atoms with Crippen LogP contribution in [0.2, 0.25) is 0 Å². The molecule has 6 heteroatoms. The van der Waals surface area contributed by atoms with Gasteiger partial charge in [0.15, 0.2) is 0 Å². The molecular formula is C16H19N3O3. The van der Waals surface area contributed by atoms with Gasteiger partial charge in [-0.25, -0.2) is 0 Å². The van der Waals surface area contributed by atoms with Crippen LogP contribution in [0.1, 0.15) is 35.7 Å². The third-order valence-electron chi connectivity index (χ3n) is 3.13. The maximum Gasteiger partial charge on any atom is 0.294 e. The van der Waals surface area contributed by atoms with Gasteiger partial charge in [0, 0.05) is 23.4 Å². The van der Waals surface area contributed by atoms with Crippen molar-refractivity contribution in [3.8, 4) is 0 Å². The number of hydrogen-bond donors (Lipinski definition) is 2. The molecule has 6 nitrogen and oxygen atoms in total. The molecule has 2 aromatic rings. The summed E-state index contributed by atoms with van der Waals surface area (Å²) in [5, 5.41) is 9.24. The lowest BCUT2D eigenvalue weighted by molar-refractivity contribution is -0.118. The van der Waals surface area contributed by atoms with Gasteiger partial charge in [-0.3, -0.25) is 9.59 Å². The summed E-state index contributed by atoms with van der Waals surface area (Å²) in [6.07, 6.45) is 0. The number of nitrogens with zero attached hydrogens (tertiary/aromatic N) is 1. The van der Waals surface area contributed by atoms with Crippen LogP contribution in [-0.2, 0) is 4.79 Å². The van der Waals surface area contributed by atoms with Crippen LogP contribution in [0.5, 0.6) is 0 Å². The number of hydrogen-bond acceptors (Lipinski definition) is 4. The van der Waals surface area contributed by atoms with Crippen molar-refractivity contribution in [2.45, 2.75) is 27.7 Å². The average molecular weight is 301 g/mol. The molecule has 0 fully saturated rings. The van der Waals surface area contributed by atoms with E-state index in [1.807, 2.05) is 26.8 Å². The van der Waals surface area contributed by atoms with E-state index in [4.69, 9.17) is 4.52 Å². The van der Waals surface area contributed by atoms with Gasteiger partial charge in [0.05, 0.1) is 5.69 Å². The quantitative estimate of drug-likeness (QED) is 0.908. The van der Waals surface area contributed by atoms with Gasteiger partial charge < -0.3 is 15.2 Å². The van der Waals surface area contributed by atoms with Crippen LogP contribution in [0.4, 0.5) is 11.4 Å². The maximum atomic E-state index is 12.1. The van der Waals surface area contributed by atoms with Gasteiger partial charge in [0.25, 0.3) is 5.91 Å². The van der Waals surface area contributed by atoms with Gasteiger partial charge in [-0.1, -0.05) is 25.1 Å². The Morgan fingerprint density at radius 3 is 2.45 bits per heavy atom. The molecule has 0 aliphatic rings. The van der Waals surface area contributed by atoms with Crippen LogP contribution >= 0.6 is 0 Å². The summed E-state index contributed by atoms with van der Waals surface area (Å²) in [6, 6.07) is 6.91. The largest absolute Gasteiger partial charge is 0.351 e. The summed E-state index contributed by atoms with van der Waals surface area (Å²) >= 11 is 0. The first-order chi connectivity index (χ1) is 10.4. The first kappa shape index (κ1) is 15.8. The van der Waals surface area contributed by atoms with Crippen molar-refractivity contribution in [1.29, 1.82) is 0 Å². The van der Waals surface area contributed by atoms with Crippen LogP contribution in [0.3, 0.4) is 0 Å². The zero-order chi connectivity index (χ0) is 16.3. The van der Waals surface area contributed by atoms with E-state index in [0.29, 0.717) is 17.1 Å². The molecule has 1 aromatic heterocycles. The smallest absolute Gasteiger partial charge is 0.294 e. The van der Waals surface area contributed by atoms with Crippen molar-refractivity contribution in [3.63, 3.8) is 0 Å². The van der Waals surface area contributed by atoms with Gasteiger partial charge >= 0.3 is 0 Å². The molecule has 0 unspecified atom stereocenters. The highest BCUT2D eigenvalue weighted by Gasteiger charge is 2.14. The SMILES string of the molecule is Cc1cc(C(=O)Nc2cc(NC(=O)C(C)C)ccc2C)on1. The summed E-state index contributed by atoms with van der Waals surface area (Å²) < 4.78 is 4.93. The molecule has 0 atom stereocenters. The molecule has 2 amide bonds. The second-order valence-corrected chi connectivity index (χ2v) is 5.46. The number of carbonyl (C=O) groups is 2. The molecular weight excluding hydrogens is 282 g/mol. The molecule has 1 heterocycles. The fourth-order valence-electron chi connectivity index (χ4n) is 1.78. The van der Waals surface area contributed by atoms with Crippen LogP contribution in [0, 0.1) is 19.8 Å². The Hall–Kier alpha value is -2.63. The van der Waals surface area contributed by atoms with Crippen molar-refractivity contribution < 1.29 is 14.1 Å². The summed E-state index contributed by atoms with van der Waals surface area (Å²) in [7, 11) is 0. The highest BCUT2D eigenvalue weighted by atomic mass is 16.5. The van der Waals surface area contributed by atoms with E-state index in [-0.39, 0.29) is 23.5 Å². The molecule has 116 valence electrons. The van der Waals surface area contributed by atoms with Crippen LogP contribution < -0.4 is 10.6 Å².